The van der Waals surface area contributed by atoms with Crippen molar-refractivity contribution in [3.8, 4) is 11.3 Å². The molecule has 1 N–H and O–H groups in total. The van der Waals surface area contributed by atoms with Crippen molar-refractivity contribution in [2.24, 2.45) is 5.92 Å². The zero-order chi connectivity index (χ0) is 11.4. The van der Waals surface area contributed by atoms with E-state index in [-0.39, 0.29) is 0 Å². The predicted octanol–water partition coefficient (Wildman–Crippen LogP) is 2.68. The van der Waals surface area contributed by atoms with E-state index in [1.165, 1.54) is 6.39 Å². The predicted molar refractivity (Wildman–Crippen MR) is 60.7 cm³/mol. The van der Waals surface area contributed by atoms with E-state index in [1.807, 2.05) is 6.07 Å². The summed E-state index contributed by atoms with van der Waals surface area (Å²) < 4.78 is 10.4. The Hall–Kier alpha value is -1.55. The molecule has 0 radical (unpaired) electrons. The van der Waals surface area contributed by atoms with Crippen LogP contribution in [0.3, 0.4) is 0 Å². The summed E-state index contributed by atoms with van der Waals surface area (Å²) in [4.78, 5) is 4.20. The number of hydrogen-bond donors (Lipinski definition) is 1. The van der Waals surface area contributed by atoms with Crippen molar-refractivity contribution >= 4 is 0 Å². The third-order valence-electron chi connectivity index (χ3n) is 2.27. The van der Waals surface area contributed by atoms with Crippen LogP contribution in [-0.2, 0) is 6.54 Å². The van der Waals surface area contributed by atoms with Gasteiger partial charge in [-0.3, -0.25) is 0 Å². The van der Waals surface area contributed by atoms with E-state index in [2.05, 4.69) is 24.1 Å². The largest absolute Gasteiger partial charge is 0.472 e. The Balaban J connectivity index is 2.03. The van der Waals surface area contributed by atoms with E-state index in [9.17, 15) is 0 Å². The molecule has 0 unspecified atom stereocenters. The van der Waals surface area contributed by atoms with Crippen molar-refractivity contribution < 1.29 is 8.83 Å². The summed E-state index contributed by atoms with van der Waals surface area (Å²) in [6, 6.07) is 1.87. The van der Waals surface area contributed by atoms with Gasteiger partial charge >= 0.3 is 0 Å². The van der Waals surface area contributed by atoms with Crippen LogP contribution in [-0.4, -0.2) is 11.5 Å². The van der Waals surface area contributed by atoms with Crippen molar-refractivity contribution in [1.82, 2.24) is 10.3 Å². The molecule has 0 aromatic carbocycles. The molecule has 0 aliphatic carbocycles. The van der Waals surface area contributed by atoms with Crippen LogP contribution in [0.1, 0.15) is 19.5 Å². The van der Waals surface area contributed by atoms with Gasteiger partial charge < -0.3 is 14.2 Å². The van der Waals surface area contributed by atoms with Gasteiger partial charge in [0.25, 0.3) is 0 Å². The van der Waals surface area contributed by atoms with Crippen molar-refractivity contribution in [1.29, 1.82) is 0 Å². The second-order valence-electron chi connectivity index (χ2n) is 4.16. The first-order valence-corrected chi connectivity index (χ1v) is 5.43. The molecular formula is C12H16N2O2. The first-order chi connectivity index (χ1) is 7.77. The third kappa shape index (κ3) is 2.52. The minimum absolute atomic E-state index is 0.629. The number of nitrogens with one attached hydrogen (secondary N) is 1. The molecule has 4 heteroatoms. The molecule has 0 bridgehead atoms. The lowest BCUT2D eigenvalue weighted by Crippen LogP contribution is -2.19. The minimum Gasteiger partial charge on any atom is -0.472 e. The fourth-order valence-electron chi connectivity index (χ4n) is 1.50. The monoisotopic (exact) mass is 220 g/mol. The van der Waals surface area contributed by atoms with Crippen molar-refractivity contribution in [2.45, 2.75) is 20.4 Å². The van der Waals surface area contributed by atoms with Crippen LogP contribution in [0.15, 0.2) is 33.8 Å². The first kappa shape index (κ1) is 11.0. The highest BCUT2D eigenvalue weighted by atomic mass is 16.3. The Morgan fingerprint density at radius 1 is 1.44 bits per heavy atom. The maximum atomic E-state index is 5.36. The molecule has 0 saturated carbocycles. The Bertz CT molecular complexity index is 418. The highest BCUT2D eigenvalue weighted by Gasteiger charge is 2.11. The van der Waals surface area contributed by atoms with E-state index in [0.29, 0.717) is 5.92 Å². The highest BCUT2D eigenvalue weighted by molar-refractivity contribution is 5.57. The van der Waals surface area contributed by atoms with E-state index in [0.717, 1.165) is 30.1 Å². The normalized spacial score (nSPS) is 11.2. The van der Waals surface area contributed by atoms with Crippen molar-refractivity contribution in [3.05, 3.63) is 30.7 Å². The van der Waals surface area contributed by atoms with E-state index < -0.39 is 0 Å². The number of aromatic nitrogens is 1. The molecule has 0 aliphatic rings. The topological polar surface area (TPSA) is 51.2 Å². The van der Waals surface area contributed by atoms with Crippen LogP contribution in [0.25, 0.3) is 11.3 Å². The molecule has 0 amide bonds. The standard InChI is InChI=1S/C12H16N2O2/c1-9(2)5-13-6-11-12(16-8-14-11)10-3-4-15-7-10/h3-4,7-9,13H,5-6H2,1-2H3. The summed E-state index contributed by atoms with van der Waals surface area (Å²) in [5, 5.41) is 3.34. The van der Waals surface area contributed by atoms with Crippen LogP contribution < -0.4 is 5.32 Å². The molecular weight excluding hydrogens is 204 g/mol. The van der Waals surface area contributed by atoms with Crippen LogP contribution in [0.5, 0.6) is 0 Å². The molecule has 16 heavy (non-hydrogen) atoms. The van der Waals surface area contributed by atoms with Gasteiger partial charge in [0.1, 0.15) is 12.0 Å². The molecule has 86 valence electrons. The van der Waals surface area contributed by atoms with Gasteiger partial charge in [0.05, 0.1) is 11.8 Å². The van der Waals surface area contributed by atoms with Crippen LogP contribution in [0, 0.1) is 5.92 Å². The van der Waals surface area contributed by atoms with Gasteiger partial charge in [0.15, 0.2) is 12.2 Å². The number of furan rings is 1. The smallest absolute Gasteiger partial charge is 0.181 e. The quantitative estimate of drug-likeness (QED) is 0.841. The molecule has 0 aliphatic heterocycles. The van der Waals surface area contributed by atoms with Crippen molar-refractivity contribution in [2.75, 3.05) is 6.54 Å². The average Bonchev–Trinajstić information content (AvgIpc) is 2.84. The summed E-state index contributed by atoms with van der Waals surface area (Å²) in [6.07, 6.45) is 4.75. The SMILES string of the molecule is CC(C)CNCc1ncoc1-c1ccoc1. The highest BCUT2D eigenvalue weighted by Crippen LogP contribution is 2.23. The minimum atomic E-state index is 0.629. The Kier molecular flexibility index (Phi) is 3.41. The Morgan fingerprint density at radius 2 is 2.31 bits per heavy atom. The molecule has 0 saturated heterocycles. The van der Waals surface area contributed by atoms with Crippen LogP contribution in [0.2, 0.25) is 0 Å². The summed E-state index contributed by atoms with van der Waals surface area (Å²) in [7, 11) is 0. The van der Waals surface area contributed by atoms with Gasteiger partial charge in [-0.15, -0.1) is 0 Å². The second-order valence-corrected chi connectivity index (χ2v) is 4.16. The van der Waals surface area contributed by atoms with Crippen LogP contribution in [0.4, 0.5) is 0 Å². The van der Waals surface area contributed by atoms with E-state index >= 15 is 0 Å². The molecule has 2 rings (SSSR count). The zero-order valence-corrected chi connectivity index (χ0v) is 9.56. The molecule has 4 nitrogen and oxygen atoms in total. The van der Waals surface area contributed by atoms with Gasteiger partial charge in [-0.2, -0.15) is 0 Å². The number of nitrogens with zero attached hydrogens (tertiary/aromatic N) is 1. The maximum absolute atomic E-state index is 5.36. The molecule has 0 atom stereocenters. The third-order valence-corrected chi connectivity index (χ3v) is 2.27. The lowest BCUT2D eigenvalue weighted by atomic mass is 10.2. The molecule has 2 heterocycles. The fourth-order valence-corrected chi connectivity index (χ4v) is 1.50. The summed E-state index contributed by atoms with van der Waals surface area (Å²) in [5.41, 5.74) is 1.85. The summed E-state index contributed by atoms with van der Waals surface area (Å²) in [5.74, 6) is 1.41. The summed E-state index contributed by atoms with van der Waals surface area (Å²) in [6.45, 7) is 6.03. The number of oxazole rings is 1. The molecule has 0 spiro atoms. The molecule has 2 aromatic heterocycles. The second kappa shape index (κ2) is 4.99. The lowest BCUT2D eigenvalue weighted by molar-refractivity contribution is 0.543. The Morgan fingerprint density at radius 3 is 3.00 bits per heavy atom. The van der Waals surface area contributed by atoms with Gasteiger partial charge in [0, 0.05) is 6.54 Å². The van der Waals surface area contributed by atoms with E-state index in [1.54, 1.807) is 12.5 Å². The van der Waals surface area contributed by atoms with E-state index in [4.69, 9.17) is 8.83 Å². The van der Waals surface area contributed by atoms with Gasteiger partial charge in [0.2, 0.25) is 0 Å². The number of rotatable bonds is 5. The Labute approximate surface area is 94.7 Å². The van der Waals surface area contributed by atoms with Gasteiger partial charge in [-0.05, 0) is 18.5 Å². The van der Waals surface area contributed by atoms with Gasteiger partial charge in [-0.25, -0.2) is 4.98 Å². The molecule has 2 aromatic rings. The van der Waals surface area contributed by atoms with Crippen molar-refractivity contribution in [3.63, 3.8) is 0 Å². The number of hydrogen-bond acceptors (Lipinski definition) is 4. The summed E-state index contributed by atoms with van der Waals surface area (Å²) >= 11 is 0. The lowest BCUT2D eigenvalue weighted by Gasteiger charge is -2.05. The first-order valence-electron chi connectivity index (χ1n) is 5.43. The maximum Gasteiger partial charge on any atom is 0.181 e. The van der Waals surface area contributed by atoms with Crippen LogP contribution >= 0.6 is 0 Å². The fraction of sp³-hybridized carbons (Fsp3) is 0.417. The average molecular weight is 220 g/mol. The molecule has 0 fully saturated rings. The van der Waals surface area contributed by atoms with Gasteiger partial charge in [-0.1, -0.05) is 13.8 Å². The zero-order valence-electron chi connectivity index (χ0n) is 9.56.